The van der Waals surface area contributed by atoms with Gasteiger partial charge in [0, 0.05) is 36.8 Å². The van der Waals surface area contributed by atoms with Crippen molar-refractivity contribution < 1.29 is 13.3 Å². The number of fused-ring (bicyclic) bond motifs is 1. The first-order chi connectivity index (χ1) is 14.2. The summed E-state index contributed by atoms with van der Waals surface area (Å²) in [7, 11) is -3.57. The second-order valence-corrected chi connectivity index (χ2v) is 9.85. The second kappa shape index (κ2) is 9.43. The van der Waals surface area contributed by atoms with Gasteiger partial charge in [-0.15, -0.1) is 0 Å². The molecule has 0 saturated heterocycles. The first kappa shape index (κ1) is 22.7. The number of non-ortho nitro benzene ring substituents is 1. The smallest absolute Gasteiger partial charge is 0.269 e. The standard InChI is InChI=1S/C21H26ClN3O4S/c1-15-12-21(16(2)11-20(15)22)30(28,29)23-8-3-4-9-24-10-7-17-5-6-19(25(26)27)13-18(17)14-24/h5-6,11-13,23H,3-4,7-10,14H2,1-2H3. The zero-order valence-corrected chi connectivity index (χ0v) is 18.7. The highest BCUT2D eigenvalue weighted by molar-refractivity contribution is 7.89. The van der Waals surface area contributed by atoms with E-state index in [1.165, 1.54) is 5.56 Å². The number of rotatable bonds is 8. The topological polar surface area (TPSA) is 92.6 Å². The highest BCUT2D eigenvalue weighted by Gasteiger charge is 2.20. The van der Waals surface area contributed by atoms with Crippen LogP contribution in [0.1, 0.15) is 35.1 Å². The van der Waals surface area contributed by atoms with Gasteiger partial charge >= 0.3 is 0 Å². The minimum absolute atomic E-state index is 0.123. The van der Waals surface area contributed by atoms with Crippen LogP contribution in [0.5, 0.6) is 0 Å². The molecule has 9 heteroatoms. The maximum Gasteiger partial charge on any atom is 0.269 e. The lowest BCUT2D eigenvalue weighted by molar-refractivity contribution is -0.385. The van der Waals surface area contributed by atoms with Gasteiger partial charge in [-0.25, -0.2) is 13.1 Å². The fourth-order valence-corrected chi connectivity index (χ4v) is 5.30. The van der Waals surface area contributed by atoms with Gasteiger partial charge in [0.1, 0.15) is 0 Å². The fraction of sp³-hybridized carbons (Fsp3) is 0.429. The Bertz CT molecular complexity index is 1060. The van der Waals surface area contributed by atoms with Crippen LogP contribution >= 0.6 is 11.6 Å². The monoisotopic (exact) mass is 451 g/mol. The number of nitrogens with zero attached hydrogens (tertiary/aromatic N) is 2. The number of nitrogens with one attached hydrogen (secondary N) is 1. The molecule has 2 aromatic rings. The summed E-state index contributed by atoms with van der Waals surface area (Å²) in [5, 5.41) is 11.5. The molecule has 7 nitrogen and oxygen atoms in total. The zero-order valence-electron chi connectivity index (χ0n) is 17.2. The molecular formula is C21H26ClN3O4S. The molecule has 0 saturated carbocycles. The maximum atomic E-state index is 12.6. The first-order valence-electron chi connectivity index (χ1n) is 9.92. The third-order valence-corrected chi connectivity index (χ3v) is 7.44. The average molecular weight is 452 g/mol. The van der Waals surface area contributed by atoms with Gasteiger partial charge in [-0.2, -0.15) is 0 Å². The van der Waals surface area contributed by atoms with Gasteiger partial charge in [-0.1, -0.05) is 17.7 Å². The third-order valence-electron chi connectivity index (χ3n) is 5.43. The summed E-state index contributed by atoms with van der Waals surface area (Å²) in [5.74, 6) is 0. The average Bonchev–Trinajstić information content (AvgIpc) is 2.69. The van der Waals surface area contributed by atoms with Crippen LogP contribution in [-0.4, -0.2) is 37.9 Å². The lowest BCUT2D eigenvalue weighted by Crippen LogP contribution is -2.32. The minimum Gasteiger partial charge on any atom is -0.299 e. The molecule has 0 spiro atoms. The molecule has 0 aromatic heterocycles. The Labute approximate surface area is 182 Å². The van der Waals surface area contributed by atoms with Gasteiger partial charge in [0.05, 0.1) is 9.82 Å². The summed E-state index contributed by atoms with van der Waals surface area (Å²) < 4.78 is 27.8. The quantitative estimate of drug-likeness (QED) is 0.372. The fourth-order valence-electron chi connectivity index (χ4n) is 3.70. The predicted octanol–water partition coefficient (Wildman–Crippen LogP) is 3.98. The van der Waals surface area contributed by atoms with Gasteiger partial charge in [0.25, 0.3) is 5.69 Å². The summed E-state index contributed by atoms with van der Waals surface area (Å²) in [5.41, 5.74) is 3.65. The van der Waals surface area contributed by atoms with Gasteiger partial charge in [0.15, 0.2) is 0 Å². The number of unbranched alkanes of at least 4 members (excludes halogenated alkanes) is 1. The molecule has 0 bridgehead atoms. The SMILES string of the molecule is Cc1cc(S(=O)(=O)NCCCCN2CCc3ccc([N+](=O)[O-])cc3C2)c(C)cc1Cl. The van der Waals surface area contributed by atoms with Gasteiger partial charge in [0.2, 0.25) is 10.0 Å². The van der Waals surface area contributed by atoms with Crippen LogP contribution in [0, 0.1) is 24.0 Å². The lowest BCUT2D eigenvalue weighted by Gasteiger charge is -2.28. The van der Waals surface area contributed by atoms with Crippen molar-refractivity contribution in [2.45, 2.75) is 44.6 Å². The van der Waals surface area contributed by atoms with E-state index in [2.05, 4.69) is 9.62 Å². The van der Waals surface area contributed by atoms with Crippen molar-refractivity contribution in [2.75, 3.05) is 19.6 Å². The number of benzene rings is 2. The summed E-state index contributed by atoms with van der Waals surface area (Å²) in [6.07, 6.45) is 2.42. The van der Waals surface area contributed by atoms with E-state index < -0.39 is 10.0 Å². The first-order valence-corrected chi connectivity index (χ1v) is 11.8. The highest BCUT2D eigenvalue weighted by Crippen LogP contribution is 2.25. The zero-order chi connectivity index (χ0) is 21.9. The largest absolute Gasteiger partial charge is 0.299 e. The predicted molar refractivity (Wildman–Crippen MR) is 117 cm³/mol. The molecule has 1 aliphatic rings. The van der Waals surface area contributed by atoms with Crippen LogP contribution in [0.3, 0.4) is 0 Å². The molecule has 1 aliphatic heterocycles. The molecule has 0 fully saturated rings. The van der Waals surface area contributed by atoms with E-state index in [4.69, 9.17) is 11.6 Å². The maximum absolute atomic E-state index is 12.6. The van der Waals surface area contributed by atoms with Gasteiger partial charge in [-0.05, 0) is 74.0 Å². The van der Waals surface area contributed by atoms with E-state index in [0.717, 1.165) is 37.1 Å². The van der Waals surface area contributed by atoms with Crippen LogP contribution in [0.2, 0.25) is 5.02 Å². The van der Waals surface area contributed by atoms with Gasteiger partial charge < -0.3 is 0 Å². The van der Waals surface area contributed by atoms with Crippen LogP contribution in [0.4, 0.5) is 5.69 Å². The molecule has 1 N–H and O–H groups in total. The third kappa shape index (κ3) is 5.37. The second-order valence-electron chi connectivity index (χ2n) is 7.71. The van der Waals surface area contributed by atoms with Crippen molar-refractivity contribution in [3.05, 3.63) is 67.7 Å². The highest BCUT2D eigenvalue weighted by atomic mass is 35.5. The Balaban J connectivity index is 1.48. The Kier molecular flexibility index (Phi) is 7.13. The van der Waals surface area contributed by atoms with Crippen molar-refractivity contribution in [1.82, 2.24) is 9.62 Å². The molecule has 2 aromatic carbocycles. The van der Waals surface area contributed by atoms with Crippen LogP contribution < -0.4 is 4.72 Å². The molecule has 3 rings (SSSR count). The number of nitro groups is 1. The molecule has 0 radical (unpaired) electrons. The van der Waals surface area contributed by atoms with Crippen LogP contribution in [-0.2, 0) is 23.0 Å². The van der Waals surface area contributed by atoms with E-state index in [9.17, 15) is 18.5 Å². The Morgan fingerprint density at radius 1 is 1.13 bits per heavy atom. The molecule has 30 heavy (non-hydrogen) atoms. The van der Waals surface area contributed by atoms with Crippen molar-refractivity contribution >= 4 is 27.3 Å². The summed E-state index contributed by atoms with van der Waals surface area (Å²) in [6.45, 7) is 6.29. The molecule has 1 heterocycles. The van der Waals surface area contributed by atoms with Crippen molar-refractivity contribution in [1.29, 1.82) is 0 Å². The lowest BCUT2D eigenvalue weighted by atomic mass is 9.99. The molecule has 0 amide bonds. The summed E-state index contributed by atoms with van der Waals surface area (Å²) in [4.78, 5) is 13.1. The van der Waals surface area contributed by atoms with Crippen LogP contribution in [0.25, 0.3) is 0 Å². The number of aryl methyl sites for hydroxylation is 2. The van der Waals surface area contributed by atoms with Crippen LogP contribution in [0.15, 0.2) is 35.2 Å². The molecule has 162 valence electrons. The molecule has 0 aliphatic carbocycles. The van der Waals surface area contributed by atoms with E-state index >= 15 is 0 Å². The minimum atomic E-state index is -3.57. The van der Waals surface area contributed by atoms with Crippen molar-refractivity contribution in [3.63, 3.8) is 0 Å². The Morgan fingerprint density at radius 3 is 2.63 bits per heavy atom. The van der Waals surface area contributed by atoms with E-state index in [0.29, 0.717) is 30.1 Å². The Morgan fingerprint density at radius 2 is 1.90 bits per heavy atom. The number of hydrogen-bond donors (Lipinski definition) is 1. The van der Waals surface area contributed by atoms with Gasteiger partial charge in [-0.3, -0.25) is 15.0 Å². The summed E-state index contributed by atoms with van der Waals surface area (Å²) in [6, 6.07) is 8.34. The molecule has 0 unspecified atom stereocenters. The molecule has 0 atom stereocenters. The summed E-state index contributed by atoms with van der Waals surface area (Å²) >= 11 is 6.06. The number of nitro benzene ring substituents is 1. The Hall–Kier alpha value is -2.00. The van der Waals surface area contributed by atoms with Crippen molar-refractivity contribution in [2.24, 2.45) is 0 Å². The van der Waals surface area contributed by atoms with E-state index in [1.807, 2.05) is 6.07 Å². The van der Waals surface area contributed by atoms with Crippen molar-refractivity contribution in [3.8, 4) is 0 Å². The molecular weight excluding hydrogens is 426 g/mol. The number of halogens is 1. The van der Waals surface area contributed by atoms with E-state index in [1.54, 1.807) is 38.1 Å². The normalized spacial score (nSPS) is 14.5. The number of hydrogen-bond acceptors (Lipinski definition) is 5. The van der Waals surface area contributed by atoms with E-state index in [-0.39, 0.29) is 15.5 Å². The number of sulfonamides is 1.